The lowest BCUT2D eigenvalue weighted by Crippen LogP contribution is -2.50. The second-order valence-corrected chi connectivity index (χ2v) is 4.42. The Kier molecular flexibility index (Phi) is 2.54. The molecule has 1 rings (SSSR count). The molecule has 1 fully saturated rings. The molecule has 0 aromatic heterocycles. The molecular weight excluding hydrogens is 127 g/mol. The molecule has 1 aliphatic rings. The third-order valence-electron chi connectivity index (χ3n) is 2.16. The molecule has 1 unspecified atom stereocenters. The van der Waals surface area contributed by atoms with Crippen LogP contribution in [0.1, 0.15) is 0 Å². The summed E-state index contributed by atoms with van der Waals surface area (Å²) in [5, 5.41) is 0. The smallest absolute Gasteiger partial charge is 0.241 e. The van der Waals surface area contributed by atoms with Gasteiger partial charge < -0.3 is 9.80 Å². The van der Waals surface area contributed by atoms with Gasteiger partial charge in [-0.1, -0.05) is 0 Å². The second kappa shape index (κ2) is 3.03. The van der Waals surface area contributed by atoms with E-state index in [1.807, 2.05) is 0 Å². The van der Waals surface area contributed by atoms with E-state index in [1.165, 1.54) is 35.9 Å². The molecule has 0 radical (unpaired) electrons. The van der Waals surface area contributed by atoms with Crippen molar-refractivity contribution in [3.05, 3.63) is 0 Å². The first-order valence-corrected chi connectivity index (χ1v) is 4.74. The summed E-state index contributed by atoms with van der Waals surface area (Å²) in [5.41, 5.74) is 0. The summed E-state index contributed by atoms with van der Waals surface area (Å²) in [6.45, 7) is 3.78. The SMILES string of the molecule is CN1CCN(C)[CH]([AlH2])C1. The van der Waals surface area contributed by atoms with Crippen molar-refractivity contribution in [3.63, 3.8) is 0 Å². The number of nitrogens with zero attached hydrogens (tertiary/aromatic N) is 2. The number of hydrogen-bond acceptors (Lipinski definition) is 2. The molecule has 9 heavy (non-hydrogen) atoms. The molecule has 1 aliphatic heterocycles. The predicted octanol–water partition coefficient (Wildman–Crippen LogP) is -1.18. The molecule has 0 saturated carbocycles. The zero-order valence-corrected chi connectivity index (χ0v) is 8.59. The average molecular weight is 142 g/mol. The Morgan fingerprint density at radius 3 is 2.44 bits per heavy atom. The molecule has 0 aromatic rings. The molecule has 1 heterocycles. The van der Waals surface area contributed by atoms with E-state index in [2.05, 4.69) is 23.9 Å². The van der Waals surface area contributed by atoms with Gasteiger partial charge in [0, 0.05) is 19.6 Å². The average Bonchev–Trinajstić information content (AvgIpc) is 1.80. The van der Waals surface area contributed by atoms with E-state index >= 15 is 0 Å². The molecule has 2 nitrogen and oxygen atoms in total. The van der Waals surface area contributed by atoms with Crippen molar-refractivity contribution in [2.45, 2.75) is 4.90 Å². The Morgan fingerprint density at radius 1 is 1.33 bits per heavy atom. The lowest BCUT2D eigenvalue weighted by atomic mass is 10.3. The van der Waals surface area contributed by atoms with Gasteiger partial charge in [-0.3, -0.25) is 0 Å². The fourth-order valence-corrected chi connectivity index (χ4v) is 2.11. The number of rotatable bonds is 0. The molecular formula is C6H15AlN2. The number of hydrogen-bond donors (Lipinski definition) is 0. The van der Waals surface area contributed by atoms with Crippen molar-refractivity contribution in [1.29, 1.82) is 0 Å². The largest absolute Gasteiger partial charge is 0.315 e. The van der Waals surface area contributed by atoms with Gasteiger partial charge in [0.15, 0.2) is 0 Å². The molecule has 0 aliphatic carbocycles. The van der Waals surface area contributed by atoms with Gasteiger partial charge in [0.25, 0.3) is 0 Å². The molecule has 3 heteroatoms. The van der Waals surface area contributed by atoms with Crippen molar-refractivity contribution in [1.82, 2.24) is 9.80 Å². The van der Waals surface area contributed by atoms with E-state index in [-0.39, 0.29) is 0 Å². The lowest BCUT2D eigenvalue weighted by molar-refractivity contribution is 0.158. The van der Waals surface area contributed by atoms with Gasteiger partial charge in [0.05, 0.1) is 0 Å². The van der Waals surface area contributed by atoms with E-state index in [0.717, 1.165) is 4.90 Å². The Labute approximate surface area is 65.2 Å². The van der Waals surface area contributed by atoms with E-state index in [9.17, 15) is 0 Å². The lowest BCUT2D eigenvalue weighted by Gasteiger charge is -2.35. The maximum atomic E-state index is 2.46. The van der Waals surface area contributed by atoms with Gasteiger partial charge in [-0.25, -0.2) is 0 Å². The maximum Gasteiger partial charge on any atom is 0.241 e. The summed E-state index contributed by atoms with van der Waals surface area (Å²) in [7, 11) is 4.43. The van der Waals surface area contributed by atoms with Crippen molar-refractivity contribution < 1.29 is 0 Å². The minimum absolute atomic E-state index is 0.878. The molecule has 0 spiro atoms. The Morgan fingerprint density at radius 2 is 2.00 bits per heavy atom. The maximum absolute atomic E-state index is 2.46. The van der Waals surface area contributed by atoms with Crippen LogP contribution in [0.4, 0.5) is 0 Å². The van der Waals surface area contributed by atoms with Crippen LogP contribution < -0.4 is 0 Å². The number of piperazine rings is 1. The van der Waals surface area contributed by atoms with Crippen molar-refractivity contribution in [3.8, 4) is 0 Å². The van der Waals surface area contributed by atoms with E-state index in [1.54, 1.807) is 0 Å². The van der Waals surface area contributed by atoms with Crippen LogP contribution in [0.15, 0.2) is 0 Å². The molecule has 0 N–H and O–H groups in total. The first-order valence-electron chi connectivity index (χ1n) is 3.59. The van der Waals surface area contributed by atoms with Gasteiger partial charge in [-0.05, 0) is 19.0 Å². The van der Waals surface area contributed by atoms with Gasteiger partial charge in [-0.15, -0.1) is 0 Å². The standard InChI is InChI=1S/C6H13N2.Al.2H/c1-7-3-5-8(2)6-4-7;;;/h3H,4-6H2,1-2H3;;;. The minimum Gasteiger partial charge on any atom is -0.315 e. The topological polar surface area (TPSA) is 6.48 Å². The predicted molar refractivity (Wildman–Crippen MR) is 42.5 cm³/mol. The van der Waals surface area contributed by atoms with Crippen LogP contribution in [0.3, 0.4) is 0 Å². The highest BCUT2D eigenvalue weighted by Gasteiger charge is 2.16. The molecule has 0 aromatic carbocycles. The van der Waals surface area contributed by atoms with Gasteiger partial charge in [0.2, 0.25) is 16.3 Å². The highest BCUT2D eigenvalue weighted by Crippen LogP contribution is 2.00. The van der Waals surface area contributed by atoms with Gasteiger partial charge >= 0.3 is 0 Å². The Hall–Kier alpha value is 0.452. The molecule has 1 saturated heterocycles. The molecule has 0 bridgehead atoms. The summed E-state index contributed by atoms with van der Waals surface area (Å²) < 4.78 is 0. The molecule has 1 atom stereocenters. The zero-order chi connectivity index (χ0) is 6.85. The van der Waals surface area contributed by atoms with Crippen LogP contribution in [0.5, 0.6) is 0 Å². The van der Waals surface area contributed by atoms with Crippen LogP contribution >= 0.6 is 0 Å². The summed E-state index contributed by atoms with van der Waals surface area (Å²) in [5.74, 6) is 0. The molecule has 52 valence electrons. The summed E-state index contributed by atoms with van der Waals surface area (Å²) in [6.07, 6.45) is 0. The minimum atomic E-state index is 0.878. The van der Waals surface area contributed by atoms with Crippen LogP contribution in [-0.2, 0) is 0 Å². The first kappa shape index (κ1) is 7.56. The van der Waals surface area contributed by atoms with Crippen molar-refractivity contribution >= 4 is 16.3 Å². The number of likely N-dealkylation sites (N-methyl/N-ethyl adjacent to an activating group) is 2. The second-order valence-electron chi connectivity index (χ2n) is 3.09. The quantitative estimate of drug-likeness (QED) is 0.393. The highest BCUT2D eigenvalue weighted by atomic mass is 27.0. The van der Waals surface area contributed by atoms with Crippen molar-refractivity contribution in [2.75, 3.05) is 33.7 Å². The van der Waals surface area contributed by atoms with Crippen LogP contribution in [0.25, 0.3) is 0 Å². The Balaban J connectivity index is 2.35. The Bertz CT molecular complexity index is 97.1. The normalized spacial score (nSPS) is 32.9. The summed E-state index contributed by atoms with van der Waals surface area (Å²) >= 11 is 1.31. The van der Waals surface area contributed by atoms with E-state index in [0.29, 0.717) is 0 Å². The van der Waals surface area contributed by atoms with Gasteiger partial charge in [0.1, 0.15) is 0 Å². The first-order chi connectivity index (χ1) is 4.20. The summed E-state index contributed by atoms with van der Waals surface area (Å²) in [4.78, 5) is 5.76. The van der Waals surface area contributed by atoms with Crippen molar-refractivity contribution in [2.24, 2.45) is 0 Å². The van der Waals surface area contributed by atoms with Crippen LogP contribution in [0.2, 0.25) is 0 Å². The summed E-state index contributed by atoms with van der Waals surface area (Å²) in [6, 6.07) is 0. The third kappa shape index (κ3) is 1.94. The van der Waals surface area contributed by atoms with E-state index < -0.39 is 0 Å². The fourth-order valence-electron chi connectivity index (χ4n) is 1.23. The molecule has 0 amide bonds. The van der Waals surface area contributed by atoms with E-state index in [4.69, 9.17) is 0 Å². The van der Waals surface area contributed by atoms with Crippen LogP contribution in [-0.4, -0.2) is 64.7 Å². The highest BCUT2D eigenvalue weighted by molar-refractivity contribution is 6.11. The fraction of sp³-hybridized carbons (Fsp3) is 1.00. The van der Waals surface area contributed by atoms with Gasteiger partial charge in [-0.2, -0.15) is 0 Å². The monoisotopic (exact) mass is 142 g/mol. The third-order valence-corrected chi connectivity index (χ3v) is 3.41. The van der Waals surface area contributed by atoms with Crippen LogP contribution in [0, 0.1) is 0 Å². The zero-order valence-electron chi connectivity index (χ0n) is 6.59.